The number of Topliss-reactive ketones (excluding diaryl/α,β-unsaturated/α-hetero) is 1. The second-order valence-electron chi connectivity index (χ2n) is 8.90. The number of rotatable bonds is 9. The van der Waals surface area contributed by atoms with Crippen LogP contribution >= 0.6 is 11.8 Å². The quantitative estimate of drug-likeness (QED) is 0.482. The summed E-state index contributed by atoms with van der Waals surface area (Å²) in [5, 5.41) is 4.17. The van der Waals surface area contributed by atoms with E-state index in [0.29, 0.717) is 30.8 Å². The molecule has 0 spiro atoms. The molecule has 0 radical (unpaired) electrons. The van der Waals surface area contributed by atoms with Crippen molar-refractivity contribution in [3.63, 3.8) is 0 Å². The summed E-state index contributed by atoms with van der Waals surface area (Å²) in [4.78, 5) is 39.3. The Kier molecular flexibility index (Phi) is 8.18. The van der Waals surface area contributed by atoms with Gasteiger partial charge in [-0.1, -0.05) is 30.0 Å². The molecule has 1 aromatic heterocycles. The number of carbonyl (C=O) groups excluding carboxylic acids is 3. The minimum atomic E-state index is -0.667. The van der Waals surface area contributed by atoms with Crippen LogP contribution in [0.2, 0.25) is 0 Å². The fourth-order valence-electron chi connectivity index (χ4n) is 4.51. The van der Waals surface area contributed by atoms with E-state index in [1.54, 1.807) is 49.0 Å². The smallest absolute Gasteiger partial charge is 0.327 e. The number of hydrogen-bond donors (Lipinski definition) is 0. The van der Waals surface area contributed by atoms with Crippen LogP contribution in [0.15, 0.2) is 42.1 Å². The zero-order valence-electron chi connectivity index (χ0n) is 20.0. The van der Waals surface area contributed by atoms with Crippen LogP contribution in [0, 0.1) is 11.7 Å². The average Bonchev–Trinajstić information content (AvgIpc) is 3.58. The maximum atomic E-state index is 14.8. The van der Waals surface area contributed by atoms with E-state index < -0.39 is 6.04 Å². The largest absolute Gasteiger partial charge is 0.465 e. The number of thioether (sulfide) groups is 1. The first kappa shape index (κ1) is 25.3. The van der Waals surface area contributed by atoms with Gasteiger partial charge in [0.05, 0.1) is 18.3 Å². The number of halogens is 1. The van der Waals surface area contributed by atoms with Crippen molar-refractivity contribution in [3.8, 4) is 0 Å². The van der Waals surface area contributed by atoms with Crippen molar-refractivity contribution in [2.24, 2.45) is 5.92 Å². The SMILES string of the molecule is CCOC(=O)Cn1nccc1C=C1CN(C(C(=O)C2CC2)c2ccccc2F)CCC1SC(C)=O. The summed E-state index contributed by atoms with van der Waals surface area (Å²) < 4.78 is 21.4. The van der Waals surface area contributed by atoms with Crippen molar-refractivity contribution in [3.05, 3.63) is 59.2 Å². The molecule has 2 fully saturated rings. The third-order valence-electron chi connectivity index (χ3n) is 6.27. The molecule has 0 amide bonds. The molecule has 186 valence electrons. The Morgan fingerprint density at radius 3 is 2.69 bits per heavy atom. The lowest BCUT2D eigenvalue weighted by Gasteiger charge is -2.38. The normalized spacial score (nSPS) is 20.5. The number of ketones is 1. The highest BCUT2D eigenvalue weighted by Gasteiger charge is 2.41. The summed E-state index contributed by atoms with van der Waals surface area (Å²) in [6.45, 7) is 4.54. The molecule has 9 heteroatoms. The van der Waals surface area contributed by atoms with E-state index in [0.717, 1.165) is 18.4 Å². The Bertz CT molecular complexity index is 1130. The average molecular weight is 500 g/mol. The number of carbonyl (C=O) groups is 3. The monoisotopic (exact) mass is 499 g/mol. The summed E-state index contributed by atoms with van der Waals surface area (Å²) in [6, 6.07) is 7.60. The first-order valence-corrected chi connectivity index (χ1v) is 12.8. The number of nitrogens with zero attached hydrogens (tertiary/aromatic N) is 3. The summed E-state index contributed by atoms with van der Waals surface area (Å²) in [5.74, 6) is -0.739. The van der Waals surface area contributed by atoms with E-state index in [4.69, 9.17) is 4.74 Å². The predicted octanol–water partition coefficient (Wildman–Crippen LogP) is 4.04. The van der Waals surface area contributed by atoms with E-state index in [2.05, 4.69) is 5.10 Å². The van der Waals surface area contributed by atoms with Gasteiger partial charge in [0.25, 0.3) is 0 Å². The highest BCUT2D eigenvalue weighted by atomic mass is 32.2. The van der Waals surface area contributed by atoms with Crippen LogP contribution in [0.25, 0.3) is 6.08 Å². The van der Waals surface area contributed by atoms with Gasteiger partial charge in [0, 0.05) is 42.9 Å². The van der Waals surface area contributed by atoms with Crippen molar-refractivity contribution in [1.29, 1.82) is 0 Å². The highest BCUT2D eigenvalue weighted by molar-refractivity contribution is 8.14. The number of aromatic nitrogens is 2. The molecule has 7 nitrogen and oxygen atoms in total. The number of piperidine rings is 1. The molecule has 1 aromatic carbocycles. The number of ether oxygens (including phenoxy) is 1. The molecule has 2 heterocycles. The Morgan fingerprint density at radius 2 is 2.00 bits per heavy atom. The van der Waals surface area contributed by atoms with E-state index in [1.807, 2.05) is 11.0 Å². The van der Waals surface area contributed by atoms with Crippen LogP contribution in [-0.2, 0) is 25.7 Å². The van der Waals surface area contributed by atoms with Crippen LogP contribution < -0.4 is 0 Å². The molecule has 1 saturated heterocycles. The summed E-state index contributed by atoms with van der Waals surface area (Å²) in [7, 11) is 0. The van der Waals surface area contributed by atoms with Gasteiger partial charge in [-0.3, -0.25) is 24.0 Å². The third kappa shape index (κ3) is 6.27. The molecule has 4 rings (SSSR count). The maximum Gasteiger partial charge on any atom is 0.327 e. The predicted molar refractivity (Wildman–Crippen MR) is 132 cm³/mol. The second-order valence-corrected chi connectivity index (χ2v) is 10.3. The van der Waals surface area contributed by atoms with Crippen LogP contribution in [0.1, 0.15) is 50.4 Å². The minimum Gasteiger partial charge on any atom is -0.465 e. The Labute approximate surface area is 208 Å². The highest BCUT2D eigenvalue weighted by Crippen LogP contribution is 2.40. The first-order valence-electron chi connectivity index (χ1n) is 11.9. The zero-order chi connectivity index (χ0) is 24.9. The van der Waals surface area contributed by atoms with Gasteiger partial charge >= 0.3 is 5.97 Å². The van der Waals surface area contributed by atoms with Crippen LogP contribution in [0.3, 0.4) is 0 Å². The third-order valence-corrected chi connectivity index (χ3v) is 7.42. The lowest BCUT2D eigenvalue weighted by molar-refractivity contribution is -0.144. The molecular formula is C26H30FN3O4S. The summed E-state index contributed by atoms with van der Waals surface area (Å²) in [5.41, 5.74) is 2.04. The maximum absolute atomic E-state index is 14.8. The van der Waals surface area contributed by atoms with Gasteiger partial charge in [-0.25, -0.2) is 4.39 Å². The zero-order valence-corrected chi connectivity index (χ0v) is 20.8. The molecule has 1 aliphatic carbocycles. The fourth-order valence-corrected chi connectivity index (χ4v) is 5.43. The van der Waals surface area contributed by atoms with E-state index in [9.17, 15) is 18.8 Å². The molecule has 2 unspecified atom stereocenters. The van der Waals surface area contributed by atoms with Gasteiger partial charge in [-0.05, 0) is 50.0 Å². The van der Waals surface area contributed by atoms with Crippen LogP contribution in [-0.4, -0.2) is 56.5 Å². The van der Waals surface area contributed by atoms with Gasteiger partial charge in [0.2, 0.25) is 0 Å². The molecular weight excluding hydrogens is 469 g/mol. The summed E-state index contributed by atoms with van der Waals surface area (Å²) in [6.07, 6.45) is 5.87. The van der Waals surface area contributed by atoms with Gasteiger partial charge in [-0.2, -0.15) is 5.10 Å². The minimum absolute atomic E-state index is 0.00842. The lowest BCUT2D eigenvalue weighted by atomic mass is 9.93. The molecule has 2 atom stereocenters. The molecule has 2 aromatic rings. The number of hydrogen-bond acceptors (Lipinski definition) is 7. The molecule has 2 aliphatic rings. The van der Waals surface area contributed by atoms with Gasteiger partial charge < -0.3 is 4.74 Å². The van der Waals surface area contributed by atoms with Crippen LogP contribution in [0.5, 0.6) is 0 Å². The molecule has 1 aliphatic heterocycles. The van der Waals surface area contributed by atoms with Crippen LogP contribution in [0.4, 0.5) is 4.39 Å². The van der Waals surface area contributed by atoms with Crippen molar-refractivity contribution >= 4 is 34.7 Å². The van der Waals surface area contributed by atoms with E-state index in [-0.39, 0.29) is 47.0 Å². The Balaban J connectivity index is 1.65. The topological polar surface area (TPSA) is 81.5 Å². The van der Waals surface area contributed by atoms with Gasteiger partial charge in [-0.15, -0.1) is 0 Å². The number of esters is 1. The lowest BCUT2D eigenvalue weighted by Crippen LogP contribution is -2.43. The molecule has 0 N–H and O–H groups in total. The van der Waals surface area contributed by atoms with Gasteiger partial charge in [0.15, 0.2) is 10.9 Å². The fraction of sp³-hybridized carbons (Fsp3) is 0.462. The van der Waals surface area contributed by atoms with E-state index in [1.165, 1.54) is 17.8 Å². The summed E-state index contributed by atoms with van der Waals surface area (Å²) >= 11 is 1.26. The number of likely N-dealkylation sites (tertiary alicyclic amines) is 1. The molecule has 1 saturated carbocycles. The molecule has 35 heavy (non-hydrogen) atoms. The van der Waals surface area contributed by atoms with E-state index >= 15 is 0 Å². The van der Waals surface area contributed by atoms with Crippen molar-refractivity contribution in [1.82, 2.24) is 14.7 Å². The van der Waals surface area contributed by atoms with Crippen molar-refractivity contribution in [2.45, 2.75) is 50.9 Å². The Hall–Kier alpha value is -2.78. The Morgan fingerprint density at radius 1 is 1.23 bits per heavy atom. The van der Waals surface area contributed by atoms with Crippen molar-refractivity contribution < 1.29 is 23.5 Å². The standard InChI is InChI=1S/C26H30FN3O4S/c1-3-34-24(32)16-30-20(10-12-28-30)14-19-15-29(13-11-23(19)35-17(2)31)25(26(33)18-8-9-18)21-6-4-5-7-22(21)27/h4-7,10,12,14,18,23,25H,3,8-9,11,13,15-16H2,1-2H3. The van der Waals surface area contributed by atoms with Gasteiger partial charge in [0.1, 0.15) is 12.4 Å². The first-order chi connectivity index (χ1) is 16.9. The number of benzene rings is 1. The second kappa shape index (κ2) is 11.3. The van der Waals surface area contributed by atoms with Crippen molar-refractivity contribution in [2.75, 3.05) is 19.7 Å². The molecule has 0 bridgehead atoms.